The third-order valence-corrected chi connectivity index (χ3v) is 5.01. The SMILES string of the molecule is COc1ccc(-c2cc(C(=O)N3CCCC3)n(-c3ccc([N+](=O)[O-])cc3)n2)cc1. The molecule has 1 saturated heterocycles. The fraction of sp³-hybridized carbons (Fsp3) is 0.238. The Morgan fingerprint density at radius 2 is 1.72 bits per heavy atom. The molecule has 0 unspecified atom stereocenters. The highest BCUT2D eigenvalue weighted by Crippen LogP contribution is 2.26. The Morgan fingerprint density at radius 3 is 2.31 bits per heavy atom. The van der Waals surface area contributed by atoms with E-state index in [0.717, 1.165) is 37.2 Å². The van der Waals surface area contributed by atoms with Gasteiger partial charge in [0.15, 0.2) is 0 Å². The third kappa shape index (κ3) is 3.69. The number of likely N-dealkylation sites (tertiary alicyclic amines) is 1. The lowest BCUT2D eigenvalue weighted by molar-refractivity contribution is -0.384. The van der Waals surface area contributed by atoms with Gasteiger partial charge in [-0.2, -0.15) is 5.10 Å². The third-order valence-electron chi connectivity index (χ3n) is 5.01. The number of non-ortho nitro benzene ring substituents is 1. The van der Waals surface area contributed by atoms with Gasteiger partial charge >= 0.3 is 0 Å². The molecule has 1 aliphatic heterocycles. The van der Waals surface area contributed by atoms with Gasteiger partial charge in [-0.05, 0) is 55.3 Å². The minimum atomic E-state index is -0.452. The van der Waals surface area contributed by atoms with Crippen LogP contribution in [0.2, 0.25) is 0 Å². The lowest BCUT2D eigenvalue weighted by Crippen LogP contribution is -2.29. The number of methoxy groups -OCH3 is 1. The standard InChI is InChI=1S/C21H20N4O4/c1-29-18-10-4-15(5-11-18)19-14-20(21(26)23-12-2-3-13-23)24(22-19)16-6-8-17(9-7-16)25(27)28/h4-11,14H,2-3,12-13H2,1H3. The van der Waals surface area contributed by atoms with Crippen LogP contribution in [0.15, 0.2) is 54.6 Å². The number of nitro groups is 1. The van der Waals surface area contributed by atoms with Crippen LogP contribution >= 0.6 is 0 Å². The second-order valence-corrected chi connectivity index (χ2v) is 6.83. The van der Waals surface area contributed by atoms with Crippen LogP contribution in [0.4, 0.5) is 5.69 Å². The van der Waals surface area contributed by atoms with E-state index < -0.39 is 4.92 Å². The van der Waals surface area contributed by atoms with Gasteiger partial charge in [0.05, 0.1) is 23.4 Å². The number of hydrogen-bond acceptors (Lipinski definition) is 5. The van der Waals surface area contributed by atoms with Gasteiger partial charge in [0.1, 0.15) is 11.4 Å². The number of nitrogens with zero attached hydrogens (tertiary/aromatic N) is 4. The molecule has 0 radical (unpaired) electrons. The van der Waals surface area contributed by atoms with Crippen LogP contribution in [0.5, 0.6) is 5.75 Å². The number of amides is 1. The monoisotopic (exact) mass is 392 g/mol. The summed E-state index contributed by atoms with van der Waals surface area (Å²) in [5.74, 6) is 0.644. The molecule has 3 aromatic rings. The number of ether oxygens (including phenoxy) is 1. The summed E-state index contributed by atoms with van der Waals surface area (Å²) in [6.45, 7) is 1.45. The number of benzene rings is 2. The summed E-state index contributed by atoms with van der Waals surface area (Å²) < 4.78 is 6.76. The van der Waals surface area contributed by atoms with Crippen molar-refractivity contribution in [1.82, 2.24) is 14.7 Å². The zero-order valence-electron chi connectivity index (χ0n) is 15.9. The van der Waals surface area contributed by atoms with E-state index in [9.17, 15) is 14.9 Å². The average Bonchev–Trinajstić information content (AvgIpc) is 3.44. The van der Waals surface area contributed by atoms with E-state index in [1.54, 1.807) is 30.0 Å². The molecule has 4 rings (SSSR count). The van der Waals surface area contributed by atoms with Crippen LogP contribution in [0.3, 0.4) is 0 Å². The van der Waals surface area contributed by atoms with Gasteiger partial charge in [-0.15, -0.1) is 0 Å². The fourth-order valence-electron chi connectivity index (χ4n) is 3.43. The van der Waals surface area contributed by atoms with E-state index in [2.05, 4.69) is 5.10 Å². The molecule has 0 N–H and O–H groups in total. The fourth-order valence-corrected chi connectivity index (χ4v) is 3.43. The Kier molecular flexibility index (Phi) is 4.99. The summed E-state index contributed by atoms with van der Waals surface area (Å²) in [7, 11) is 1.60. The summed E-state index contributed by atoms with van der Waals surface area (Å²) in [5.41, 5.74) is 2.52. The minimum absolute atomic E-state index is 0.0105. The molecular weight excluding hydrogens is 372 g/mol. The van der Waals surface area contributed by atoms with Crippen LogP contribution in [0.25, 0.3) is 16.9 Å². The number of hydrogen-bond donors (Lipinski definition) is 0. The van der Waals surface area contributed by atoms with Crippen molar-refractivity contribution in [3.63, 3.8) is 0 Å². The molecule has 1 fully saturated rings. The summed E-state index contributed by atoms with van der Waals surface area (Å²) in [4.78, 5) is 25.4. The Hall–Kier alpha value is -3.68. The highest BCUT2D eigenvalue weighted by molar-refractivity contribution is 5.94. The maximum atomic E-state index is 13.1. The van der Waals surface area contributed by atoms with Crippen molar-refractivity contribution in [2.24, 2.45) is 0 Å². The first-order valence-electron chi connectivity index (χ1n) is 9.35. The molecule has 1 amide bonds. The number of rotatable bonds is 5. The molecule has 0 bridgehead atoms. The molecule has 148 valence electrons. The molecular formula is C21H20N4O4. The second-order valence-electron chi connectivity index (χ2n) is 6.83. The maximum Gasteiger partial charge on any atom is 0.272 e. The smallest absolute Gasteiger partial charge is 0.272 e. The topological polar surface area (TPSA) is 90.5 Å². The molecule has 0 atom stereocenters. The molecule has 29 heavy (non-hydrogen) atoms. The van der Waals surface area contributed by atoms with Gasteiger partial charge in [0.25, 0.3) is 11.6 Å². The van der Waals surface area contributed by atoms with Crippen molar-refractivity contribution in [2.75, 3.05) is 20.2 Å². The highest BCUT2D eigenvalue weighted by atomic mass is 16.6. The molecule has 2 heterocycles. The van der Waals surface area contributed by atoms with Crippen molar-refractivity contribution in [1.29, 1.82) is 0 Å². The maximum absolute atomic E-state index is 13.1. The largest absolute Gasteiger partial charge is 0.497 e. The molecule has 2 aromatic carbocycles. The molecule has 0 spiro atoms. The molecule has 8 heteroatoms. The van der Waals surface area contributed by atoms with Gasteiger partial charge in [-0.25, -0.2) is 4.68 Å². The molecule has 8 nitrogen and oxygen atoms in total. The van der Waals surface area contributed by atoms with Crippen molar-refractivity contribution in [3.8, 4) is 22.7 Å². The Balaban J connectivity index is 1.77. The Labute approximate surface area is 167 Å². The lowest BCUT2D eigenvalue weighted by Gasteiger charge is -2.15. The molecule has 0 aliphatic carbocycles. The minimum Gasteiger partial charge on any atom is -0.497 e. The lowest BCUT2D eigenvalue weighted by atomic mass is 10.1. The summed E-state index contributed by atoms with van der Waals surface area (Å²) in [6.07, 6.45) is 1.98. The van der Waals surface area contributed by atoms with Crippen molar-refractivity contribution >= 4 is 11.6 Å². The predicted molar refractivity (Wildman–Crippen MR) is 107 cm³/mol. The van der Waals surface area contributed by atoms with Gasteiger partial charge in [0, 0.05) is 30.8 Å². The van der Waals surface area contributed by atoms with E-state index in [0.29, 0.717) is 17.1 Å². The first kappa shape index (κ1) is 18.7. The van der Waals surface area contributed by atoms with Crippen LogP contribution in [-0.2, 0) is 0 Å². The predicted octanol–water partition coefficient (Wildman–Crippen LogP) is 3.69. The number of nitro benzene ring substituents is 1. The molecule has 0 saturated carbocycles. The Bertz CT molecular complexity index is 1040. The summed E-state index contributed by atoms with van der Waals surface area (Å²) >= 11 is 0. The van der Waals surface area contributed by atoms with Crippen LogP contribution in [0, 0.1) is 10.1 Å². The zero-order chi connectivity index (χ0) is 20.4. The average molecular weight is 392 g/mol. The zero-order valence-corrected chi connectivity index (χ0v) is 15.9. The number of carbonyl (C=O) groups is 1. The van der Waals surface area contributed by atoms with Gasteiger partial charge < -0.3 is 9.64 Å². The molecule has 1 aliphatic rings. The van der Waals surface area contributed by atoms with Gasteiger partial charge in [-0.1, -0.05) is 0 Å². The highest BCUT2D eigenvalue weighted by Gasteiger charge is 2.25. The normalized spacial score (nSPS) is 13.5. The van der Waals surface area contributed by atoms with E-state index >= 15 is 0 Å². The molecule has 1 aromatic heterocycles. The first-order chi connectivity index (χ1) is 14.1. The summed E-state index contributed by atoms with van der Waals surface area (Å²) in [5, 5.41) is 15.6. The van der Waals surface area contributed by atoms with Crippen LogP contribution < -0.4 is 4.74 Å². The Morgan fingerprint density at radius 1 is 1.07 bits per heavy atom. The number of aromatic nitrogens is 2. The quantitative estimate of drug-likeness (QED) is 0.488. The van der Waals surface area contributed by atoms with Crippen LogP contribution in [0.1, 0.15) is 23.3 Å². The number of carbonyl (C=O) groups excluding carboxylic acids is 1. The van der Waals surface area contributed by atoms with Crippen molar-refractivity contribution < 1.29 is 14.5 Å². The second kappa shape index (κ2) is 7.75. The van der Waals surface area contributed by atoms with Gasteiger partial charge in [-0.3, -0.25) is 14.9 Å². The van der Waals surface area contributed by atoms with E-state index in [1.165, 1.54) is 12.1 Å². The van der Waals surface area contributed by atoms with E-state index in [-0.39, 0.29) is 11.6 Å². The van der Waals surface area contributed by atoms with Crippen molar-refractivity contribution in [2.45, 2.75) is 12.8 Å². The van der Waals surface area contributed by atoms with Gasteiger partial charge in [0.2, 0.25) is 0 Å². The first-order valence-corrected chi connectivity index (χ1v) is 9.35. The van der Waals surface area contributed by atoms with E-state index in [4.69, 9.17) is 4.74 Å². The van der Waals surface area contributed by atoms with Crippen molar-refractivity contribution in [3.05, 3.63) is 70.4 Å². The van der Waals surface area contributed by atoms with E-state index in [1.807, 2.05) is 29.2 Å². The van der Waals surface area contributed by atoms with Crippen LogP contribution in [-0.4, -0.2) is 45.7 Å². The summed E-state index contributed by atoms with van der Waals surface area (Å²) in [6, 6.07) is 15.2.